The fourth-order valence-corrected chi connectivity index (χ4v) is 2.73. The van der Waals surface area contributed by atoms with E-state index in [9.17, 15) is 9.59 Å². The largest absolute Gasteiger partial charge is 0.341 e. The van der Waals surface area contributed by atoms with Crippen LogP contribution < -0.4 is 16.0 Å². The molecule has 3 amide bonds. The molecule has 0 aromatic heterocycles. The number of hydrogen-bond acceptors (Lipinski definition) is 3. The van der Waals surface area contributed by atoms with Crippen molar-refractivity contribution in [1.29, 1.82) is 0 Å². The van der Waals surface area contributed by atoms with Gasteiger partial charge in [0.05, 0.1) is 0 Å². The minimum Gasteiger partial charge on any atom is -0.341 e. The zero-order chi connectivity index (χ0) is 18.2. The van der Waals surface area contributed by atoms with Crippen molar-refractivity contribution in [3.63, 3.8) is 0 Å². The maximum Gasteiger partial charge on any atom is 0.321 e. The lowest BCUT2D eigenvalue weighted by molar-refractivity contribution is -0.122. The molecule has 2 rings (SSSR count). The number of benzene rings is 2. The first kappa shape index (κ1) is 18.7. The van der Waals surface area contributed by atoms with Gasteiger partial charge in [0.1, 0.15) is 6.04 Å². The van der Waals surface area contributed by atoms with E-state index in [1.165, 1.54) is 7.05 Å². The van der Waals surface area contributed by atoms with E-state index in [-0.39, 0.29) is 17.9 Å². The summed E-state index contributed by atoms with van der Waals surface area (Å²) in [6.45, 7) is 4.20. The van der Waals surface area contributed by atoms with Gasteiger partial charge in [0.25, 0.3) is 0 Å². The Hall–Kier alpha value is -2.66. The van der Waals surface area contributed by atoms with E-state index in [4.69, 9.17) is 0 Å². The number of hydrogen-bond donors (Lipinski definition) is 3. The van der Waals surface area contributed by atoms with Crippen LogP contribution in [0.25, 0.3) is 0 Å². The molecule has 3 N–H and O–H groups in total. The zero-order valence-electron chi connectivity index (χ0n) is 14.8. The lowest BCUT2D eigenvalue weighted by atomic mass is 9.94. The van der Waals surface area contributed by atoms with E-state index in [1.54, 1.807) is 0 Å². The lowest BCUT2D eigenvalue weighted by Gasteiger charge is -2.28. The Kier molecular flexibility index (Phi) is 6.71. The minimum atomic E-state index is -0.633. The van der Waals surface area contributed by atoms with Crippen molar-refractivity contribution < 1.29 is 9.59 Å². The standard InChI is InChI=1S/C20H25N3O2/c1-14(2)17(15-10-6-4-7-11-15)22-18(16-12-8-5-9-13-16)19(24)23-20(25)21-3/h4-14,17-18,22H,1-3H3,(H2,21,23,24,25)/t17-,18-/m1/s1. The van der Waals surface area contributed by atoms with Gasteiger partial charge < -0.3 is 5.32 Å². The first-order chi connectivity index (χ1) is 12.0. The van der Waals surface area contributed by atoms with E-state index in [0.29, 0.717) is 0 Å². The van der Waals surface area contributed by atoms with Gasteiger partial charge >= 0.3 is 6.03 Å². The van der Waals surface area contributed by atoms with Gasteiger partial charge in [-0.2, -0.15) is 0 Å². The maximum absolute atomic E-state index is 12.7. The van der Waals surface area contributed by atoms with Crippen molar-refractivity contribution in [1.82, 2.24) is 16.0 Å². The molecule has 0 bridgehead atoms. The molecule has 2 atom stereocenters. The minimum absolute atomic E-state index is 0.0261. The second-order valence-corrected chi connectivity index (χ2v) is 6.21. The highest BCUT2D eigenvalue weighted by Gasteiger charge is 2.27. The van der Waals surface area contributed by atoms with Crippen LogP contribution in [0.3, 0.4) is 0 Å². The van der Waals surface area contributed by atoms with Gasteiger partial charge in [0.2, 0.25) is 5.91 Å². The fraction of sp³-hybridized carbons (Fsp3) is 0.300. The van der Waals surface area contributed by atoms with Crippen molar-refractivity contribution in [2.75, 3.05) is 7.05 Å². The van der Waals surface area contributed by atoms with Crippen molar-refractivity contribution in [3.8, 4) is 0 Å². The highest BCUT2D eigenvalue weighted by molar-refractivity contribution is 5.97. The van der Waals surface area contributed by atoms with Crippen molar-refractivity contribution in [3.05, 3.63) is 71.8 Å². The smallest absolute Gasteiger partial charge is 0.321 e. The molecule has 0 aliphatic carbocycles. The maximum atomic E-state index is 12.7. The number of amides is 3. The van der Waals surface area contributed by atoms with Gasteiger partial charge in [-0.25, -0.2) is 4.79 Å². The zero-order valence-corrected chi connectivity index (χ0v) is 14.8. The molecule has 0 aliphatic heterocycles. The van der Waals surface area contributed by atoms with E-state index < -0.39 is 12.1 Å². The summed E-state index contributed by atoms with van der Waals surface area (Å²) >= 11 is 0. The molecule has 0 aliphatic rings. The molecule has 132 valence electrons. The second kappa shape index (κ2) is 8.99. The summed E-state index contributed by atoms with van der Waals surface area (Å²) in [6.07, 6.45) is 0. The van der Waals surface area contributed by atoms with Crippen LogP contribution in [0.5, 0.6) is 0 Å². The molecule has 0 unspecified atom stereocenters. The van der Waals surface area contributed by atoms with Crippen molar-refractivity contribution in [2.45, 2.75) is 25.9 Å². The van der Waals surface area contributed by atoms with Gasteiger partial charge in [-0.15, -0.1) is 0 Å². The number of imide groups is 1. The quantitative estimate of drug-likeness (QED) is 0.757. The third-order valence-electron chi connectivity index (χ3n) is 4.03. The number of carbonyl (C=O) groups is 2. The predicted octanol–water partition coefficient (Wildman–Crippen LogP) is 3.17. The molecule has 0 spiro atoms. The molecule has 5 nitrogen and oxygen atoms in total. The number of urea groups is 1. The second-order valence-electron chi connectivity index (χ2n) is 6.21. The highest BCUT2D eigenvalue weighted by atomic mass is 16.2. The first-order valence-electron chi connectivity index (χ1n) is 8.41. The van der Waals surface area contributed by atoms with Crippen LogP contribution in [0.15, 0.2) is 60.7 Å². The van der Waals surface area contributed by atoms with Gasteiger partial charge in [0, 0.05) is 13.1 Å². The van der Waals surface area contributed by atoms with Gasteiger partial charge in [-0.3, -0.25) is 15.4 Å². The number of nitrogens with one attached hydrogen (secondary N) is 3. The van der Waals surface area contributed by atoms with Crippen LogP contribution in [-0.4, -0.2) is 19.0 Å². The molecule has 0 saturated carbocycles. The average molecular weight is 339 g/mol. The summed E-state index contributed by atoms with van der Waals surface area (Å²) < 4.78 is 0. The van der Waals surface area contributed by atoms with Gasteiger partial charge in [-0.1, -0.05) is 74.5 Å². The summed E-state index contributed by atoms with van der Waals surface area (Å²) in [5.74, 6) is -0.117. The van der Waals surface area contributed by atoms with E-state index >= 15 is 0 Å². The Balaban J connectivity index is 2.31. The van der Waals surface area contributed by atoms with E-state index in [2.05, 4.69) is 29.8 Å². The van der Waals surface area contributed by atoms with Crippen LogP contribution in [0.2, 0.25) is 0 Å². The summed E-state index contributed by atoms with van der Waals surface area (Å²) in [5, 5.41) is 8.21. The van der Waals surface area contributed by atoms with E-state index in [0.717, 1.165) is 11.1 Å². The third kappa shape index (κ3) is 5.16. The van der Waals surface area contributed by atoms with E-state index in [1.807, 2.05) is 60.7 Å². The predicted molar refractivity (Wildman–Crippen MR) is 98.9 cm³/mol. The topological polar surface area (TPSA) is 70.2 Å². The molecule has 2 aromatic rings. The van der Waals surface area contributed by atoms with Crippen LogP contribution >= 0.6 is 0 Å². The Labute approximate surface area is 148 Å². The molecule has 2 aromatic carbocycles. The molecule has 25 heavy (non-hydrogen) atoms. The normalized spacial score (nSPS) is 13.1. The van der Waals surface area contributed by atoms with Crippen LogP contribution in [0.4, 0.5) is 4.79 Å². The number of rotatable bonds is 6. The first-order valence-corrected chi connectivity index (χ1v) is 8.41. The van der Waals surface area contributed by atoms with Gasteiger partial charge in [-0.05, 0) is 17.0 Å². The number of carbonyl (C=O) groups excluding carboxylic acids is 2. The molecular weight excluding hydrogens is 314 g/mol. The Morgan fingerprint density at radius 2 is 1.36 bits per heavy atom. The average Bonchev–Trinajstić information content (AvgIpc) is 2.63. The molecule has 0 radical (unpaired) electrons. The Bertz CT molecular complexity index is 687. The monoisotopic (exact) mass is 339 g/mol. The molecular formula is C20H25N3O2. The Morgan fingerprint density at radius 3 is 1.84 bits per heavy atom. The van der Waals surface area contributed by atoms with Crippen LogP contribution in [0, 0.1) is 5.92 Å². The summed E-state index contributed by atoms with van der Waals surface area (Å²) in [7, 11) is 1.48. The van der Waals surface area contributed by atoms with Gasteiger partial charge in [0.15, 0.2) is 0 Å². The molecule has 0 fully saturated rings. The molecule has 0 heterocycles. The van der Waals surface area contributed by atoms with Crippen LogP contribution in [-0.2, 0) is 4.79 Å². The highest BCUT2D eigenvalue weighted by Crippen LogP contribution is 2.26. The fourth-order valence-electron chi connectivity index (χ4n) is 2.73. The summed E-state index contributed by atoms with van der Waals surface area (Å²) in [6, 6.07) is 18.2. The molecule has 5 heteroatoms. The SMILES string of the molecule is CNC(=O)NC(=O)[C@H](N[C@@H](c1ccccc1)C(C)C)c1ccccc1. The Morgan fingerprint density at radius 1 is 0.840 bits per heavy atom. The van der Waals surface area contributed by atoms with Crippen LogP contribution in [0.1, 0.15) is 37.1 Å². The third-order valence-corrected chi connectivity index (χ3v) is 4.03. The summed E-state index contributed by atoms with van der Waals surface area (Å²) in [4.78, 5) is 24.2. The van der Waals surface area contributed by atoms with Crippen molar-refractivity contribution in [2.24, 2.45) is 5.92 Å². The summed E-state index contributed by atoms with van der Waals surface area (Å²) in [5.41, 5.74) is 1.91. The lowest BCUT2D eigenvalue weighted by Crippen LogP contribution is -2.45. The van der Waals surface area contributed by atoms with Crippen molar-refractivity contribution >= 4 is 11.9 Å². The molecule has 0 saturated heterocycles.